The van der Waals surface area contributed by atoms with Crippen LogP contribution < -0.4 is 0 Å². The van der Waals surface area contributed by atoms with Crippen LogP contribution in [0.2, 0.25) is 0 Å². The van der Waals surface area contributed by atoms with E-state index in [0.717, 1.165) is 25.3 Å². The summed E-state index contributed by atoms with van der Waals surface area (Å²) in [4.78, 5) is 11.2. The second-order valence-corrected chi connectivity index (χ2v) is 4.26. The fraction of sp³-hybridized carbons (Fsp3) is 0.133. The lowest BCUT2D eigenvalue weighted by atomic mass is 10.0. The van der Waals surface area contributed by atoms with Crippen molar-refractivity contribution in [1.82, 2.24) is 0 Å². The van der Waals surface area contributed by atoms with Crippen molar-refractivity contribution in [2.75, 3.05) is 7.11 Å². The molecule has 110 valence electrons. The van der Waals surface area contributed by atoms with Gasteiger partial charge in [-0.3, -0.25) is 0 Å². The lowest BCUT2D eigenvalue weighted by Gasteiger charge is -2.08. The molecule has 0 bridgehead atoms. The molecule has 0 aromatic heterocycles. The van der Waals surface area contributed by atoms with Crippen molar-refractivity contribution in [2.45, 2.75) is 6.18 Å². The van der Waals surface area contributed by atoms with Crippen molar-refractivity contribution in [3.05, 3.63) is 59.4 Å². The van der Waals surface area contributed by atoms with E-state index in [0.29, 0.717) is 11.1 Å². The van der Waals surface area contributed by atoms with Gasteiger partial charge in [-0.15, -0.1) is 0 Å². The van der Waals surface area contributed by atoms with Crippen molar-refractivity contribution < 1.29 is 27.1 Å². The van der Waals surface area contributed by atoms with Crippen LogP contribution in [0, 0.1) is 5.82 Å². The summed E-state index contributed by atoms with van der Waals surface area (Å²) < 4.78 is 55.5. The van der Waals surface area contributed by atoms with Crippen LogP contribution in [0.3, 0.4) is 0 Å². The highest BCUT2D eigenvalue weighted by Gasteiger charge is 2.30. The first-order valence-corrected chi connectivity index (χ1v) is 5.88. The molecule has 0 amide bonds. The van der Waals surface area contributed by atoms with Gasteiger partial charge in [0, 0.05) is 0 Å². The highest BCUT2D eigenvalue weighted by molar-refractivity contribution is 5.90. The molecule has 0 spiro atoms. The zero-order valence-electron chi connectivity index (χ0n) is 10.9. The quantitative estimate of drug-likeness (QED) is 0.610. The molecule has 6 heteroatoms. The fourth-order valence-corrected chi connectivity index (χ4v) is 1.82. The number of hydrogen-bond acceptors (Lipinski definition) is 2. The van der Waals surface area contributed by atoms with Crippen LogP contribution in [0.15, 0.2) is 42.5 Å². The number of rotatable bonds is 2. The molecule has 0 aliphatic heterocycles. The maximum Gasteiger partial charge on any atom is 0.416 e. The number of hydrogen-bond donors (Lipinski definition) is 0. The van der Waals surface area contributed by atoms with Gasteiger partial charge in [-0.05, 0) is 35.4 Å². The number of benzene rings is 2. The van der Waals surface area contributed by atoms with Crippen LogP contribution in [0.5, 0.6) is 0 Å². The van der Waals surface area contributed by atoms with Crippen molar-refractivity contribution >= 4 is 5.97 Å². The minimum Gasteiger partial charge on any atom is -0.465 e. The number of esters is 1. The minimum absolute atomic E-state index is 0.229. The number of alkyl halides is 3. The van der Waals surface area contributed by atoms with Gasteiger partial charge in [0.1, 0.15) is 5.82 Å². The predicted molar refractivity (Wildman–Crippen MR) is 68.2 cm³/mol. The SMILES string of the molecule is COC(=O)c1ccc(-c2ccc(C(F)(F)F)cc2)cc1F. The van der Waals surface area contributed by atoms with Gasteiger partial charge in [0.15, 0.2) is 0 Å². The standard InChI is InChI=1S/C15H10F4O2/c1-21-14(20)12-7-4-10(8-13(12)16)9-2-5-11(6-3-9)15(17,18)19/h2-8H,1H3. The molecule has 0 radical (unpaired) electrons. The van der Waals surface area contributed by atoms with Gasteiger partial charge < -0.3 is 4.74 Å². The van der Waals surface area contributed by atoms with E-state index in [1.807, 2.05) is 0 Å². The highest BCUT2D eigenvalue weighted by Crippen LogP contribution is 2.31. The molecule has 0 fully saturated rings. The molecule has 2 aromatic rings. The number of halogens is 4. The number of methoxy groups -OCH3 is 1. The molecule has 2 nitrogen and oxygen atoms in total. The Morgan fingerprint density at radius 2 is 1.57 bits per heavy atom. The zero-order chi connectivity index (χ0) is 15.6. The minimum atomic E-state index is -4.42. The summed E-state index contributed by atoms with van der Waals surface area (Å²) in [6, 6.07) is 8.08. The predicted octanol–water partition coefficient (Wildman–Crippen LogP) is 4.30. The summed E-state index contributed by atoms with van der Waals surface area (Å²) in [6.45, 7) is 0. The molecule has 0 N–H and O–H groups in total. The zero-order valence-corrected chi connectivity index (χ0v) is 10.9. The summed E-state index contributed by atoms with van der Waals surface area (Å²) in [5, 5.41) is 0. The lowest BCUT2D eigenvalue weighted by molar-refractivity contribution is -0.137. The third-order valence-corrected chi connectivity index (χ3v) is 2.92. The first-order chi connectivity index (χ1) is 9.82. The molecule has 2 rings (SSSR count). The molecular formula is C15H10F4O2. The normalized spacial score (nSPS) is 11.3. The Morgan fingerprint density at radius 1 is 1.00 bits per heavy atom. The van der Waals surface area contributed by atoms with Crippen LogP contribution in [0.25, 0.3) is 11.1 Å². The van der Waals surface area contributed by atoms with Crippen molar-refractivity contribution in [1.29, 1.82) is 0 Å². The molecule has 0 aliphatic carbocycles. The molecule has 0 saturated carbocycles. The third-order valence-electron chi connectivity index (χ3n) is 2.92. The summed E-state index contributed by atoms with van der Waals surface area (Å²) in [6.07, 6.45) is -4.42. The van der Waals surface area contributed by atoms with Crippen molar-refractivity contribution in [3.63, 3.8) is 0 Å². The molecule has 0 aliphatic rings. The number of ether oxygens (including phenoxy) is 1. The van der Waals surface area contributed by atoms with Crippen LogP contribution in [0.1, 0.15) is 15.9 Å². The van der Waals surface area contributed by atoms with E-state index in [2.05, 4.69) is 4.74 Å². The molecule has 0 heterocycles. The van der Waals surface area contributed by atoms with E-state index in [-0.39, 0.29) is 5.56 Å². The van der Waals surface area contributed by atoms with Crippen LogP contribution in [-0.4, -0.2) is 13.1 Å². The van der Waals surface area contributed by atoms with Crippen LogP contribution >= 0.6 is 0 Å². The van der Waals surface area contributed by atoms with Gasteiger partial charge in [-0.1, -0.05) is 18.2 Å². The summed E-state index contributed by atoms with van der Waals surface area (Å²) in [5.74, 6) is -1.61. The Balaban J connectivity index is 2.35. The van der Waals surface area contributed by atoms with E-state index >= 15 is 0 Å². The maximum atomic E-state index is 13.8. The van der Waals surface area contributed by atoms with Crippen LogP contribution in [0.4, 0.5) is 17.6 Å². The second kappa shape index (κ2) is 5.55. The van der Waals surface area contributed by atoms with E-state index in [4.69, 9.17) is 0 Å². The Hall–Kier alpha value is -2.37. The Kier molecular flexibility index (Phi) is 3.97. The first-order valence-electron chi connectivity index (χ1n) is 5.88. The Labute approximate surface area is 118 Å². The first kappa shape index (κ1) is 15.0. The summed E-state index contributed by atoms with van der Waals surface area (Å²) in [5.41, 5.74) is -0.224. The lowest BCUT2D eigenvalue weighted by Crippen LogP contribution is -2.05. The third kappa shape index (κ3) is 3.21. The summed E-state index contributed by atoms with van der Waals surface area (Å²) in [7, 11) is 1.13. The van der Waals surface area contributed by atoms with Crippen molar-refractivity contribution in [2.24, 2.45) is 0 Å². The molecule has 0 saturated heterocycles. The van der Waals surface area contributed by atoms with Crippen molar-refractivity contribution in [3.8, 4) is 11.1 Å². The van der Waals surface area contributed by atoms with E-state index < -0.39 is 23.5 Å². The van der Waals surface area contributed by atoms with Gasteiger partial charge in [-0.2, -0.15) is 13.2 Å². The summed E-state index contributed by atoms with van der Waals surface area (Å²) >= 11 is 0. The Bertz CT molecular complexity index is 660. The van der Waals surface area contributed by atoms with E-state index in [1.54, 1.807) is 0 Å². The average Bonchev–Trinajstić information content (AvgIpc) is 2.45. The molecule has 0 unspecified atom stereocenters. The van der Waals surface area contributed by atoms with Gasteiger partial charge in [0.2, 0.25) is 0 Å². The van der Waals surface area contributed by atoms with Gasteiger partial charge in [-0.25, -0.2) is 9.18 Å². The fourth-order valence-electron chi connectivity index (χ4n) is 1.82. The van der Waals surface area contributed by atoms with Gasteiger partial charge in [0.25, 0.3) is 0 Å². The number of carbonyl (C=O) groups is 1. The topological polar surface area (TPSA) is 26.3 Å². The maximum absolute atomic E-state index is 13.8. The molecule has 2 aromatic carbocycles. The number of carbonyl (C=O) groups excluding carboxylic acids is 1. The van der Waals surface area contributed by atoms with Crippen LogP contribution in [-0.2, 0) is 10.9 Å². The largest absolute Gasteiger partial charge is 0.465 e. The average molecular weight is 298 g/mol. The van der Waals surface area contributed by atoms with Gasteiger partial charge in [0.05, 0.1) is 18.2 Å². The molecule has 21 heavy (non-hydrogen) atoms. The van der Waals surface area contributed by atoms with E-state index in [1.165, 1.54) is 24.3 Å². The second-order valence-electron chi connectivity index (χ2n) is 4.26. The molecule has 0 atom stereocenters. The smallest absolute Gasteiger partial charge is 0.416 e. The van der Waals surface area contributed by atoms with Gasteiger partial charge >= 0.3 is 12.1 Å². The monoisotopic (exact) mass is 298 g/mol. The highest BCUT2D eigenvalue weighted by atomic mass is 19.4. The Morgan fingerprint density at radius 3 is 2.05 bits per heavy atom. The molecular weight excluding hydrogens is 288 g/mol. The van der Waals surface area contributed by atoms with E-state index in [9.17, 15) is 22.4 Å².